The zero-order valence-electron chi connectivity index (χ0n) is 10.4. The number of hydrogen-bond donors (Lipinski definition) is 1. The summed E-state index contributed by atoms with van der Waals surface area (Å²) in [4.78, 5) is 6.84. The summed E-state index contributed by atoms with van der Waals surface area (Å²) in [6, 6.07) is 12.6. The van der Waals surface area contributed by atoms with Crippen LogP contribution in [0.4, 0.5) is 0 Å². The van der Waals surface area contributed by atoms with E-state index in [2.05, 4.69) is 35.1 Å². The molecule has 2 aromatic rings. The number of aromatic nitrogens is 1. The molecule has 17 heavy (non-hydrogen) atoms. The zero-order valence-corrected chi connectivity index (χ0v) is 10.4. The summed E-state index contributed by atoms with van der Waals surface area (Å²) >= 11 is 0. The third kappa shape index (κ3) is 3.25. The highest BCUT2D eigenvalue weighted by molar-refractivity contribution is 5.78. The highest BCUT2D eigenvalue weighted by Gasteiger charge is 2.04. The van der Waals surface area contributed by atoms with E-state index in [0.29, 0.717) is 0 Å². The predicted molar refractivity (Wildman–Crippen MR) is 71.7 cm³/mol. The summed E-state index contributed by atoms with van der Waals surface area (Å²) in [6.45, 7) is 3.74. The maximum atomic E-state index is 5.78. The minimum absolute atomic E-state index is 0.195. The summed E-state index contributed by atoms with van der Waals surface area (Å²) in [5.74, 6) is 0. The van der Waals surface area contributed by atoms with Crippen molar-refractivity contribution in [2.75, 3.05) is 13.6 Å². The molecule has 0 aliphatic carbocycles. The summed E-state index contributed by atoms with van der Waals surface area (Å²) in [6.07, 6.45) is 0. The van der Waals surface area contributed by atoms with Crippen LogP contribution in [-0.2, 0) is 6.54 Å². The molecule has 3 nitrogen and oxygen atoms in total. The first-order valence-corrected chi connectivity index (χ1v) is 5.94. The fourth-order valence-corrected chi connectivity index (χ4v) is 2.03. The van der Waals surface area contributed by atoms with Gasteiger partial charge in [0.25, 0.3) is 0 Å². The van der Waals surface area contributed by atoms with Gasteiger partial charge >= 0.3 is 0 Å². The normalized spacial score (nSPS) is 13.2. The van der Waals surface area contributed by atoms with Gasteiger partial charge in [-0.25, -0.2) is 0 Å². The van der Waals surface area contributed by atoms with Crippen LogP contribution in [0.5, 0.6) is 0 Å². The van der Waals surface area contributed by atoms with Crippen molar-refractivity contribution >= 4 is 10.9 Å². The predicted octanol–water partition coefficient (Wildman–Crippen LogP) is 2.01. The fourth-order valence-electron chi connectivity index (χ4n) is 2.03. The first-order chi connectivity index (χ1) is 8.15. The lowest BCUT2D eigenvalue weighted by Gasteiger charge is -2.18. The van der Waals surface area contributed by atoms with Crippen molar-refractivity contribution in [3.63, 3.8) is 0 Å². The standard InChI is InChI=1S/C14H19N3/c1-11(15)9-17(2)10-13-8-7-12-5-3-4-6-14(12)16-13/h3-8,11H,9-10,15H2,1-2H3. The van der Waals surface area contributed by atoms with Gasteiger partial charge in [-0.05, 0) is 26.1 Å². The van der Waals surface area contributed by atoms with Gasteiger partial charge < -0.3 is 5.73 Å². The second-order valence-corrected chi connectivity index (χ2v) is 4.67. The smallest absolute Gasteiger partial charge is 0.0705 e. The maximum Gasteiger partial charge on any atom is 0.0705 e. The topological polar surface area (TPSA) is 42.1 Å². The number of likely N-dealkylation sites (N-methyl/N-ethyl adjacent to an activating group) is 1. The Morgan fingerprint density at radius 1 is 1.24 bits per heavy atom. The lowest BCUT2D eigenvalue weighted by Crippen LogP contribution is -2.32. The average Bonchev–Trinajstić information content (AvgIpc) is 2.27. The number of pyridine rings is 1. The summed E-state index contributed by atoms with van der Waals surface area (Å²) in [5, 5.41) is 1.19. The molecule has 0 saturated carbocycles. The van der Waals surface area contributed by atoms with Crippen LogP contribution in [0.25, 0.3) is 10.9 Å². The van der Waals surface area contributed by atoms with Crippen LogP contribution in [0.3, 0.4) is 0 Å². The summed E-state index contributed by atoms with van der Waals surface area (Å²) < 4.78 is 0. The second-order valence-electron chi connectivity index (χ2n) is 4.67. The van der Waals surface area contributed by atoms with Crippen molar-refractivity contribution in [1.82, 2.24) is 9.88 Å². The van der Waals surface area contributed by atoms with Crippen LogP contribution in [0, 0.1) is 0 Å². The first kappa shape index (κ1) is 12.0. The van der Waals surface area contributed by atoms with Gasteiger partial charge in [-0.2, -0.15) is 0 Å². The molecule has 0 bridgehead atoms. The van der Waals surface area contributed by atoms with Crippen molar-refractivity contribution in [1.29, 1.82) is 0 Å². The molecule has 0 fully saturated rings. The van der Waals surface area contributed by atoms with E-state index < -0.39 is 0 Å². The number of nitrogens with zero attached hydrogens (tertiary/aromatic N) is 2. The van der Waals surface area contributed by atoms with Gasteiger partial charge in [0.2, 0.25) is 0 Å². The van der Waals surface area contributed by atoms with E-state index in [1.807, 2.05) is 25.1 Å². The molecule has 1 heterocycles. The van der Waals surface area contributed by atoms with Crippen LogP contribution in [0.2, 0.25) is 0 Å². The van der Waals surface area contributed by atoms with Crippen molar-refractivity contribution in [2.45, 2.75) is 19.5 Å². The molecule has 90 valence electrons. The minimum atomic E-state index is 0.195. The van der Waals surface area contributed by atoms with Crippen molar-refractivity contribution in [3.05, 3.63) is 42.1 Å². The van der Waals surface area contributed by atoms with Crippen LogP contribution < -0.4 is 5.73 Å². The Morgan fingerprint density at radius 2 is 2.00 bits per heavy atom. The van der Waals surface area contributed by atoms with Crippen molar-refractivity contribution in [3.8, 4) is 0 Å². The number of nitrogens with two attached hydrogens (primary N) is 1. The molecular formula is C14H19N3. The Kier molecular flexibility index (Phi) is 3.71. The van der Waals surface area contributed by atoms with Crippen LogP contribution in [0.1, 0.15) is 12.6 Å². The quantitative estimate of drug-likeness (QED) is 0.872. The molecule has 0 aliphatic rings. The number of para-hydroxylation sites is 1. The molecule has 1 atom stereocenters. The second kappa shape index (κ2) is 5.25. The van der Waals surface area contributed by atoms with E-state index in [1.165, 1.54) is 5.39 Å². The Morgan fingerprint density at radius 3 is 2.76 bits per heavy atom. The molecule has 0 spiro atoms. The molecule has 1 aromatic heterocycles. The van der Waals surface area contributed by atoms with E-state index in [9.17, 15) is 0 Å². The molecule has 0 radical (unpaired) electrons. The number of hydrogen-bond acceptors (Lipinski definition) is 3. The SMILES string of the molecule is CC(N)CN(C)Cc1ccc2ccccc2n1. The van der Waals surface area contributed by atoms with Crippen LogP contribution >= 0.6 is 0 Å². The van der Waals surface area contributed by atoms with Gasteiger partial charge in [0.15, 0.2) is 0 Å². The van der Waals surface area contributed by atoms with Gasteiger partial charge in [-0.3, -0.25) is 9.88 Å². The van der Waals surface area contributed by atoms with Gasteiger partial charge in [-0.15, -0.1) is 0 Å². The Bertz CT molecular complexity index is 494. The number of rotatable bonds is 4. The molecular weight excluding hydrogens is 210 g/mol. The third-order valence-corrected chi connectivity index (χ3v) is 2.69. The number of fused-ring (bicyclic) bond motifs is 1. The zero-order chi connectivity index (χ0) is 12.3. The monoisotopic (exact) mass is 229 g/mol. The maximum absolute atomic E-state index is 5.78. The fraction of sp³-hybridized carbons (Fsp3) is 0.357. The van der Waals surface area contributed by atoms with E-state index in [0.717, 1.165) is 24.3 Å². The Balaban J connectivity index is 2.14. The van der Waals surface area contributed by atoms with Gasteiger partial charge in [0, 0.05) is 24.5 Å². The van der Waals surface area contributed by atoms with E-state index in [4.69, 9.17) is 5.73 Å². The molecule has 0 aliphatic heterocycles. The third-order valence-electron chi connectivity index (χ3n) is 2.69. The average molecular weight is 229 g/mol. The van der Waals surface area contributed by atoms with Gasteiger partial charge in [0.1, 0.15) is 0 Å². The minimum Gasteiger partial charge on any atom is -0.327 e. The largest absolute Gasteiger partial charge is 0.327 e. The highest BCUT2D eigenvalue weighted by Crippen LogP contribution is 2.12. The van der Waals surface area contributed by atoms with Crippen LogP contribution in [-0.4, -0.2) is 29.5 Å². The van der Waals surface area contributed by atoms with E-state index in [1.54, 1.807) is 0 Å². The summed E-state index contributed by atoms with van der Waals surface area (Å²) in [5.41, 5.74) is 7.92. The van der Waals surface area contributed by atoms with Crippen molar-refractivity contribution < 1.29 is 0 Å². The van der Waals surface area contributed by atoms with Crippen LogP contribution in [0.15, 0.2) is 36.4 Å². The lowest BCUT2D eigenvalue weighted by atomic mass is 10.2. The molecule has 1 aromatic carbocycles. The van der Waals surface area contributed by atoms with E-state index in [-0.39, 0.29) is 6.04 Å². The molecule has 0 saturated heterocycles. The highest BCUT2D eigenvalue weighted by atomic mass is 15.1. The lowest BCUT2D eigenvalue weighted by molar-refractivity contribution is 0.307. The Labute approximate surface area is 102 Å². The molecule has 0 amide bonds. The molecule has 1 unspecified atom stereocenters. The molecule has 2 N–H and O–H groups in total. The van der Waals surface area contributed by atoms with Gasteiger partial charge in [-0.1, -0.05) is 24.3 Å². The molecule has 2 rings (SSSR count). The van der Waals surface area contributed by atoms with Crippen molar-refractivity contribution in [2.24, 2.45) is 5.73 Å². The Hall–Kier alpha value is -1.45. The number of benzene rings is 1. The first-order valence-electron chi connectivity index (χ1n) is 5.94. The summed E-state index contributed by atoms with van der Waals surface area (Å²) in [7, 11) is 2.07. The van der Waals surface area contributed by atoms with E-state index >= 15 is 0 Å². The van der Waals surface area contributed by atoms with Gasteiger partial charge in [0.05, 0.1) is 11.2 Å². The molecule has 3 heteroatoms.